The van der Waals surface area contributed by atoms with E-state index in [9.17, 15) is 4.79 Å². The summed E-state index contributed by atoms with van der Waals surface area (Å²) >= 11 is 0. The van der Waals surface area contributed by atoms with Gasteiger partial charge in [0.25, 0.3) is 0 Å². The van der Waals surface area contributed by atoms with E-state index >= 15 is 0 Å². The lowest BCUT2D eigenvalue weighted by Crippen LogP contribution is -2.35. The van der Waals surface area contributed by atoms with Crippen molar-refractivity contribution in [3.8, 4) is 5.75 Å². The zero-order valence-electron chi connectivity index (χ0n) is 12.4. The number of fused-ring (bicyclic) bond motifs is 2. The van der Waals surface area contributed by atoms with Crippen LogP contribution in [0.5, 0.6) is 5.75 Å². The average molecular weight is 288 g/mol. The molecule has 21 heavy (non-hydrogen) atoms. The number of benzene rings is 1. The molecule has 2 atom stereocenters. The van der Waals surface area contributed by atoms with Crippen LogP contribution in [0.25, 0.3) is 0 Å². The monoisotopic (exact) mass is 288 g/mol. The molecule has 2 heterocycles. The molecule has 1 saturated heterocycles. The fraction of sp³-hybridized carbons (Fsp3) is 0.471. The van der Waals surface area contributed by atoms with Gasteiger partial charge in [-0.05, 0) is 43.0 Å². The van der Waals surface area contributed by atoms with Crippen LogP contribution in [0.15, 0.2) is 35.4 Å². The molecule has 0 unspecified atom stereocenters. The second-order valence-corrected chi connectivity index (χ2v) is 5.69. The summed E-state index contributed by atoms with van der Waals surface area (Å²) in [4.78, 5) is 11.3. The standard InChI is InChI=1S/C17H20O4/c1-12-15(9-18)17(8-7-16(12)21-17)11-20-10-13-3-5-14(19-2)6-4-13/h3-6,9,16H,7-8,10-11H2,1-2H3/t16-,17-/m0/s1. The molecule has 2 aliphatic rings. The van der Waals surface area contributed by atoms with Gasteiger partial charge in [0.1, 0.15) is 17.6 Å². The topological polar surface area (TPSA) is 44.8 Å². The second-order valence-electron chi connectivity index (χ2n) is 5.69. The number of rotatable bonds is 6. The molecule has 1 aromatic rings. The molecule has 0 N–H and O–H groups in total. The minimum Gasteiger partial charge on any atom is -0.497 e. The predicted octanol–water partition coefficient (Wildman–Crippen LogP) is 2.66. The van der Waals surface area contributed by atoms with Crippen molar-refractivity contribution in [2.24, 2.45) is 0 Å². The normalized spacial score (nSPS) is 27.2. The Balaban J connectivity index is 1.61. The smallest absolute Gasteiger partial charge is 0.149 e. The average Bonchev–Trinajstić information content (AvgIpc) is 3.04. The molecule has 0 aliphatic carbocycles. The molecule has 4 nitrogen and oxygen atoms in total. The van der Waals surface area contributed by atoms with Crippen molar-refractivity contribution in [1.82, 2.24) is 0 Å². The van der Waals surface area contributed by atoms with Gasteiger partial charge in [-0.3, -0.25) is 4.79 Å². The van der Waals surface area contributed by atoms with Gasteiger partial charge in [-0.2, -0.15) is 0 Å². The SMILES string of the molecule is COc1ccc(COC[C@]23CC[C@H](O2)C(C)=C3C=O)cc1. The zero-order chi connectivity index (χ0) is 14.9. The lowest BCUT2D eigenvalue weighted by Gasteiger charge is -2.26. The van der Waals surface area contributed by atoms with Crippen LogP contribution in [-0.4, -0.2) is 31.7 Å². The molecule has 0 radical (unpaired) electrons. The van der Waals surface area contributed by atoms with Crippen LogP contribution in [0.1, 0.15) is 25.3 Å². The van der Waals surface area contributed by atoms with Crippen molar-refractivity contribution in [3.05, 3.63) is 41.0 Å². The highest BCUT2D eigenvalue weighted by molar-refractivity contribution is 5.79. The predicted molar refractivity (Wildman–Crippen MR) is 78.3 cm³/mol. The highest BCUT2D eigenvalue weighted by atomic mass is 16.6. The molecule has 2 aliphatic heterocycles. The van der Waals surface area contributed by atoms with E-state index < -0.39 is 5.60 Å². The van der Waals surface area contributed by atoms with Crippen LogP contribution in [0.2, 0.25) is 0 Å². The Morgan fingerprint density at radius 3 is 2.81 bits per heavy atom. The van der Waals surface area contributed by atoms with Gasteiger partial charge in [0, 0.05) is 5.57 Å². The molecule has 4 heteroatoms. The second kappa shape index (κ2) is 5.62. The van der Waals surface area contributed by atoms with Crippen molar-refractivity contribution in [2.45, 2.75) is 38.1 Å². The Kier molecular flexibility index (Phi) is 3.83. The summed E-state index contributed by atoms with van der Waals surface area (Å²) in [6.07, 6.45) is 2.89. The largest absolute Gasteiger partial charge is 0.497 e. The highest BCUT2D eigenvalue weighted by Gasteiger charge is 2.51. The van der Waals surface area contributed by atoms with Crippen LogP contribution in [0.4, 0.5) is 0 Å². The third-order valence-corrected chi connectivity index (χ3v) is 4.46. The van der Waals surface area contributed by atoms with Crippen LogP contribution >= 0.6 is 0 Å². The van der Waals surface area contributed by atoms with Gasteiger partial charge in [-0.15, -0.1) is 0 Å². The summed E-state index contributed by atoms with van der Waals surface area (Å²) < 4.78 is 16.9. The van der Waals surface area contributed by atoms with E-state index in [2.05, 4.69) is 0 Å². The Hall–Kier alpha value is -1.65. The van der Waals surface area contributed by atoms with Crippen LogP contribution in [0.3, 0.4) is 0 Å². The molecular formula is C17H20O4. The molecule has 1 aromatic carbocycles. The van der Waals surface area contributed by atoms with Crippen LogP contribution in [0, 0.1) is 0 Å². The number of hydrogen-bond acceptors (Lipinski definition) is 4. The van der Waals surface area contributed by atoms with Gasteiger partial charge >= 0.3 is 0 Å². The number of carbonyl (C=O) groups excluding carboxylic acids is 1. The van der Waals surface area contributed by atoms with Crippen LogP contribution < -0.4 is 4.74 Å². The van der Waals surface area contributed by atoms with E-state index in [4.69, 9.17) is 14.2 Å². The summed E-state index contributed by atoms with van der Waals surface area (Å²) in [6.45, 7) is 2.92. The van der Waals surface area contributed by atoms with E-state index in [-0.39, 0.29) is 6.10 Å². The van der Waals surface area contributed by atoms with Gasteiger partial charge in [-0.1, -0.05) is 12.1 Å². The maximum atomic E-state index is 11.3. The number of aldehydes is 1. The fourth-order valence-corrected chi connectivity index (χ4v) is 3.23. The molecular weight excluding hydrogens is 268 g/mol. The summed E-state index contributed by atoms with van der Waals surface area (Å²) in [7, 11) is 1.65. The van der Waals surface area contributed by atoms with E-state index in [1.165, 1.54) is 0 Å². The summed E-state index contributed by atoms with van der Waals surface area (Å²) in [5, 5.41) is 0. The Morgan fingerprint density at radius 2 is 2.14 bits per heavy atom. The van der Waals surface area contributed by atoms with Crippen molar-refractivity contribution in [2.75, 3.05) is 13.7 Å². The van der Waals surface area contributed by atoms with Crippen molar-refractivity contribution >= 4 is 6.29 Å². The Labute approximate surface area is 124 Å². The highest BCUT2D eigenvalue weighted by Crippen LogP contribution is 2.46. The fourth-order valence-electron chi connectivity index (χ4n) is 3.23. The maximum Gasteiger partial charge on any atom is 0.149 e. The number of hydrogen-bond donors (Lipinski definition) is 0. The number of methoxy groups -OCH3 is 1. The first-order valence-corrected chi connectivity index (χ1v) is 7.23. The molecule has 0 amide bonds. The molecule has 0 aromatic heterocycles. The molecule has 0 spiro atoms. The lowest BCUT2D eigenvalue weighted by atomic mass is 9.84. The summed E-state index contributed by atoms with van der Waals surface area (Å²) in [6, 6.07) is 7.78. The van der Waals surface area contributed by atoms with E-state index in [0.717, 1.165) is 41.6 Å². The van der Waals surface area contributed by atoms with Crippen molar-refractivity contribution < 1.29 is 19.0 Å². The molecule has 112 valence electrons. The molecule has 2 bridgehead atoms. The van der Waals surface area contributed by atoms with Gasteiger partial charge in [-0.25, -0.2) is 0 Å². The quantitative estimate of drug-likeness (QED) is 0.755. The number of carbonyl (C=O) groups is 1. The zero-order valence-corrected chi connectivity index (χ0v) is 12.4. The minimum atomic E-state index is -0.511. The summed E-state index contributed by atoms with van der Waals surface area (Å²) in [5.74, 6) is 0.830. The Morgan fingerprint density at radius 1 is 1.38 bits per heavy atom. The van der Waals surface area contributed by atoms with Crippen LogP contribution in [-0.2, 0) is 20.9 Å². The first kappa shape index (κ1) is 14.3. The lowest BCUT2D eigenvalue weighted by molar-refractivity contribution is -0.108. The minimum absolute atomic E-state index is 0.106. The third kappa shape index (κ3) is 2.49. The molecule has 3 rings (SSSR count). The third-order valence-electron chi connectivity index (χ3n) is 4.46. The van der Waals surface area contributed by atoms with Gasteiger partial charge in [0.05, 0.1) is 26.4 Å². The first-order chi connectivity index (χ1) is 10.2. The van der Waals surface area contributed by atoms with E-state index in [1.54, 1.807) is 7.11 Å². The van der Waals surface area contributed by atoms with E-state index in [0.29, 0.717) is 13.2 Å². The van der Waals surface area contributed by atoms with Gasteiger partial charge in [0.2, 0.25) is 0 Å². The summed E-state index contributed by atoms with van der Waals surface area (Å²) in [5.41, 5.74) is 2.43. The molecule has 0 saturated carbocycles. The van der Waals surface area contributed by atoms with Crippen molar-refractivity contribution in [3.63, 3.8) is 0 Å². The maximum absolute atomic E-state index is 11.3. The van der Waals surface area contributed by atoms with Gasteiger partial charge < -0.3 is 14.2 Å². The Bertz CT molecular complexity index is 561. The number of ether oxygens (including phenoxy) is 3. The molecule has 1 fully saturated rings. The van der Waals surface area contributed by atoms with Crippen molar-refractivity contribution in [1.29, 1.82) is 0 Å². The van der Waals surface area contributed by atoms with E-state index in [1.807, 2.05) is 31.2 Å². The van der Waals surface area contributed by atoms with Gasteiger partial charge in [0.15, 0.2) is 0 Å². The first-order valence-electron chi connectivity index (χ1n) is 7.23.